The van der Waals surface area contributed by atoms with E-state index in [2.05, 4.69) is 11.0 Å². The predicted molar refractivity (Wildman–Crippen MR) is 96.0 cm³/mol. The number of nitriles is 1. The molecule has 1 aliphatic heterocycles. The Bertz CT molecular complexity index is 824. The second-order valence-electron chi connectivity index (χ2n) is 6.05. The van der Waals surface area contributed by atoms with Crippen molar-refractivity contribution in [1.82, 2.24) is 0 Å². The molecule has 0 saturated carbocycles. The molecule has 0 unspecified atom stereocenters. The van der Waals surface area contributed by atoms with Crippen LogP contribution >= 0.6 is 0 Å². The highest BCUT2D eigenvalue weighted by Gasteiger charge is 2.14. The molecule has 1 saturated heterocycles. The smallest absolute Gasteiger partial charge is 0.270 e. The van der Waals surface area contributed by atoms with E-state index in [9.17, 15) is 15.4 Å². The molecule has 0 radical (unpaired) electrons. The SMILES string of the molecule is N#CC(=Cc1ccc(N2CCCCCC2)o1)c1cccc([N+](=O)[O-])c1. The molecule has 128 valence electrons. The molecular formula is C19H19N3O3. The maximum atomic E-state index is 10.9. The predicted octanol–water partition coefficient (Wildman–Crippen LogP) is 4.63. The maximum Gasteiger partial charge on any atom is 0.270 e. The maximum absolute atomic E-state index is 10.9. The fraction of sp³-hybridized carbons (Fsp3) is 0.316. The quantitative estimate of drug-likeness (QED) is 0.461. The first-order valence-electron chi connectivity index (χ1n) is 8.39. The van der Waals surface area contributed by atoms with Gasteiger partial charge in [-0.05, 0) is 30.5 Å². The Morgan fingerprint density at radius 2 is 1.96 bits per heavy atom. The molecule has 25 heavy (non-hydrogen) atoms. The Morgan fingerprint density at radius 3 is 2.64 bits per heavy atom. The van der Waals surface area contributed by atoms with Crippen LogP contribution in [-0.4, -0.2) is 18.0 Å². The summed E-state index contributed by atoms with van der Waals surface area (Å²) < 4.78 is 5.87. The lowest BCUT2D eigenvalue weighted by Crippen LogP contribution is -2.23. The van der Waals surface area contributed by atoms with Gasteiger partial charge in [0.15, 0.2) is 5.88 Å². The van der Waals surface area contributed by atoms with Crippen molar-refractivity contribution in [3.8, 4) is 6.07 Å². The summed E-state index contributed by atoms with van der Waals surface area (Å²) in [5.74, 6) is 1.38. The van der Waals surface area contributed by atoms with Crippen molar-refractivity contribution in [2.45, 2.75) is 25.7 Å². The van der Waals surface area contributed by atoms with Crippen LogP contribution in [0.2, 0.25) is 0 Å². The second-order valence-corrected chi connectivity index (χ2v) is 6.05. The van der Waals surface area contributed by atoms with Crippen LogP contribution in [0.1, 0.15) is 37.0 Å². The summed E-state index contributed by atoms with van der Waals surface area (Å²) >= 11 is 0. The molecule has 0 bridgehead atoms. The van der Waals surface area contributed by atoms with E-state index in [1.807, 2.05) is 12.1 Å². The average molecular weight is 337 g/mol. The lowest BCUT2D eigenvalue weighted by atomic mass is 10.1. The van der Waals surface area contributed by atoms with Gasteiger partial charge in [-0.15, -0.1) is 0 Å². The van der Waals surface area contributed by atoms with Crippen LogP contribution in [0.25, 0.3) is 11.6 Å². The van der Waals surface area contributed by atoms with Crippen molar-refractivity contribution < 1.29 is 9.34 Å². The van der Waals surface area contributed by atoms with Crippen molar-refractivity contribution in [3.05, 3.63) is 57.8 Å². The molecule has 0 N–H and O–H groups in total. The van der Waals surface area contributed by atoms with Crippen LogP contribution < -0.4 is 4.90 Å². The normalized spacial score (nSPS) is 15.5. The number of rotatable bonds is 4. The lowest BCUT2D eigenvalue weighted by molar-refractivity contribution is -0.384. The van der Waals surface area contributed by atoms with E-state index < -0.39 is 4.92 Å². The molecule has 0 amide bonds. The molecule has 1 aromatic heterocycles. The molecule has 6 nitrogen and oxygen atoms in total. The summed E-state index contributed by atoms with van der Waals surface area (Å²) in [5.41, 5.74) is 0.799. The fourth-order valence-electron chi connectivity index (χ4n) is 2.99. The van der Waals surface area contributed by atoms with Crippen molar-refractivity contribution in [2.24, 2.45) is 0 Å². The van der Waals surface area contributed by atoms with E-state index in [1.165, 1.54) is 25.0 Å². The Kier molecular flexibility index (Phi) is 5.14. The van der Waals surface area contributed by atoms with Crippen molar-refractivity contribution in [3.63, 3.8) is 0 Å². The van der Waals surface area contributed by atoms with Crippen LogP contribution in [0.5, 0.6) is 0 Å². The minimum atomic E-state index is -0.469. The summed E-state index contributed by atoms with van der Waals surface area (Å²) in [4.78, 5) is 12.7. The largest absolute Gasteiger partial charge is 0.441 e. The lowest BCUT2D eigenvalue weighted by Gasteiger charge is -2.18. The number of hydrogen-bond acceptors (Lipinski definition) is 5. The monoisotopic (exact) mass is 337 g/mol. The molecule has 0 aliphatic carbocycles. The third-order valence-corrected chi connectivity index (χ3v) is 4.31. The zero-order valence-electron chi connectivity index (χ0n) is 13.9. The van der Waals surface area contributed by atoms with Gasteiger partial charge in [-0.3, -0.25) is 10.1 Å². The van der Waals surface area contributed by atoms with E-state index in [0.29, 0.717) is 16.9 Å². The first kappa shape index (κ1) is 16.8. The molecule has 1 aromatic carbocycles. The van der Waals surface area contributed by atoms with E-state index in [1.54, 1.807) is 18.2 Å². The second kappa shape index (κ2) is 7.67. The summed E-state index contributed by atoms with van der Waals surface area (Å²) in [6.07, 6.45) is 6.43. The van der Waals surface area contributed by atoms with Gasteiger partial charge < -0.3 is 9.32 Å². The number of anilines is 1. The number of furan rings is 1. The van der Waals surface area contributed by atoms with Gasteiger partial charge in [0.25, 0.3) is 5.69 Å². The Labute approximate surface area is 146 Å². The van der Waals surface area contributed by atoms with Gasteiger partial charge in [0.1, 0.15) is 5.76 Å². The van der Waals surface area contributed by atoms with Gasteiger partial charge in [-0.25, -0.2) is 0 Å². The van der Waals surface area contributed by atoms with E-state index in [0.717, 1.165) is 31.8 Å². The van der Waals surface area contributed by atoms with Gasteiger partial charge in [-0.1, -0.05) is 25.0 Å². The summed E-state index contributed by atoms with van der Waals surface area (Å²) in [5, 5.41) is 20.3. The molecular weight excluding hydrogens is 318 g/mol. The minimum Gasteiger partial charge on any atom is -0.441 e. The number of nitro groups is 1. The molecule has 2 heterocycles. The molecule has 2 aromatic rings. The Balaban J connectivity index is 1.84. The van der Waals surface area contributed by atoms with Gasteiger partial charge in [0, 0.05) is 31.3 Å². The summed E-state index contributed by atoms with van der Waals surface area (Å²) in [6.45, 7) is 1.96. The van der Waals surface area contributed by atoms with Crippen LogP contribution in [0.15, 0.2) is 40.8 Å². The van der Waals surface area contributed by atoms with Gasteiger partial charge in [0.2, 0.25) is 0 Å². The minimum absolute atomic E-state index is 0.0386. The summed E-state index contributed by atoms with van der Waals surface area (Å²) in [7, 11) is 0. The fourth-order valence-corrected chi connectivity index (χ4v) is 2.99. The summed E-state index contributed by atoms with van der Waals surface area (Å²) in [6, 6.07) is 11.9. The first-order valence-corrected chi connectivity index (χ1v) is 8.39. The highest BCUT2D eigenvalue weighted by Crippen LogP contribution is 2.26. The van der Waals surface area contributed by atoms with E-state index in [4.69, 9.17) is 4.42 Å². The van der Waals surface area contributed by atoms with E-state index in [-0.39, 0.29) is 5.69 Å². The van der Waals surface area contributed by atoms with Crippen molar-refractivity contribution in [1.29, 1.82) is 5.26 Å². The highest BCUT2D eigenvalue weighted by atomic mass is 16.6. The van der Waals surface area contributed by atoms with Gasteiger partial charge in [-0.2, -0.15) is 5.26 Å². The Hall–Kier alpha value is -3.07. The number of nitro benzene ring substituents is 1. The number of hydrogen-bond donors (Lipinski definition) is 0. The highest BCUT2D eigenvalue weighted by molar-refractivity contribution is 5.89. The van der Waals surface area contributed by atoms with Crippen LogP contribution in [0.3, 0.4) is 0 Å². The average Bonchev–Trinajstić information content (AvgIpc) is 2.92. The van der Waals surface area contributed by atoms with E-state index >= 15 is 0 Å². The third-order valence-electron chi connectivity index (χ3n) is 4.31. The van der Waals surface area contributed by atoms with Crippen LogP contribution in [-0.2, 0) is 0 Å². The zero-order chi connectivity index (χ0) is 17.6. The van der Waals surface area contributed by atoms with Crippen LogP contribution in [0.4, 0.5) is 11.6 Å². The van der Waals surface area contributed by atoms with Crippen LogP contribution in [0, 0.1) is 21.4 Å². The number of benzene rings is 1. The molecule has 3 rings (SSSR count). The molecule has 1 fully saturated rings. The number of allylic oxidation sites excluding steroid dienone is 1. The van der Waals surface area contributed by atoms with Crippen molar-refractivity contribution >= 4 is 23.2 Å². The van der Waals surface area contributed by atoms with Gasteiger partial charge in [0.05, 0.1) is 16.6 Å². The van der Waals surface area contributed by atoms with Gasteiger partial charge >= 0.3 is 0 Å². The number of nitrogens with zero attached hydrogens (tertiary/aromatic N) is 3. The molecule has 0 atom stereocenters. The Morgan fingerprint density at radius 1 is 1.20 bits per heavy atom. The van der Waals surface area contributed by atoms with Crippen molar-refractivity contribution in [2.75, 3.05) is 18.0 Å². The number of non-ortho nitro benzene ring substituents is 1. The molecule has 1 aliphatic rings. The third kappa shape index (κ3) is 4.07. The molecule has 0 spiro atoms. The molecule has 6 heteroatoms. The first-order chi connectivity index (χ1) is 12.2. The standard InChI is InChI=1S/C19H19N3O3/c20-14-16(15-6-5-7-17(12-15)22(23)24)13-18-8-9-19(25-18)21-10-3-1-2-4-11-21/h5-9,12-13H,1-4,10-11H2. The zero-order valence-corrected chi connectivity index (χ0v) is 13.9. The topological polar surface area (TPSA) is 83.3 Å².